The van der Waals surface area contributed by atoms with Gasteiger partial charge in [0.05, 0.1) is 22.6 Å². The molecule has 0 radical (unpaired) electrons. The van der Waals surface area contributed by atoms with Crippen molar-refractivity contribution in [3.8, 4) is 0 Å². The average molecular weight is 319 g/mol. The normalized spacial score (nSPS) is 14.3. The molecule has 0 fully saturated rings. The molecule has 1 aromatic rings. The van der Waals surface area contributed by atoms with Crippen molar-refractivity contribution < 1.29 is 32.4 Å². The first-order chi connectivity index (χ1) is 9.79. The van der Waals surface area contributed by atoms with E-state index in [4.69, 9.17) is 0 Å². The number of alkyl halides is 3. The van der Waals surface area contributed by atoms with E-state index in [1.54, 1.807) is 0 Å². The molecule has 0 bridgehead atoms. The van der Waals surface area contributed by atoms with Crippen LogP contribution in [-0.2, 0) is 9.63 Å². The van der Waals surface area contributed by atoms with Gasteiger partial charge in [-0.15, -0.1) is 11.8 Å². The molecule has 0 saturated carbocycles. The second-order valence-corrected chi connectivity index (χ2v) is 5.01. The van der Waals surface area contributed by atoms with Crippen LogP contribution in [-0.4, -0.2) is 40.5 Å². The molecule has 1 aromatic carbocycles. The summed E-state index contributed by atoms with van der Waals surface area (Å²) in [6, 6.07) is 5.85. The van der Waals surface area contributed by atoms with Crippen LogP contribution in [0.4, 0.5) is 13.2 Å². The maximum absolute atomic E-state index is 11.9. The van der Waals surface area contributed by atoms with Gasteiger partial charge in [-0.05, 0) is 12.1 Å². The van der Waals surface area contributed by atoms with Crippen molar-refractivity contribution in [1.82, 2.24) is 5.06 Å². The SMILES string of the molecule is O=C(CSCC(F)(F)F)ON1C(=O)c2ccccc2C1=O. The zero-order valence-electron chi connectivity index (χ0n) is 10.3. The first kappa shape index (κ1) is 15.4. The summed E-state index contributed by atoms with van der Waals surface area (Å²) in [6.45, 7) is 0. The van der Waals surface area contributed by atoms with Gasteiger partial charge in [-0.25, -0.2) is 4.79 Å². The van der Waals surface area contributed by atoms with Gasteiger partial charge in [0.1, 0.15) is 0 Å². The Morgan fingerprint density at radius 1 is 1.14 bits per heavy atom. The van der Waals surface area contributed by atoms with Gasteiger partial charge >= 0.3 is 12.1 Å². The molecular weight excluding hydrogens is 311 g/mol. The van der Waals surface area contributed by atoms with Crippen LogP contribution < -0.4 is 0 Å². The lowest BCUT2D eigenvalue weighted by Crippen LogP contribution is -2.33. The van der Waals surface area contributed by atoms with Gasteiger partial charge in [0.15, 0.2) is 0 Å². The quantitative estimate of drug-likeness (QED) is 0.795. The van der Waals surface area contributed by atoms with Gasteiger partial charge < -0.3 is 4.84 Å². The van der Waals surface area contributed by atoms with Crippen molar-refractivity contribution in [2.45, 2.75) is 6.18 Å². The van der Waals surface area contributed by atoms with E-state index in [-0.39, 0.29) is 28.0 Å². The van der Waals surface area contributed by atoms with Crippen LogP contribution in [0.5, 0.6) is 0 Å². The number of thioether (sulfide) groups is 1. The lowest BCUT2D eigenvalue weighted by Gasteiger charge is -2.12. The maximum Gasteiger partial charge on any atom is 0.397 e. The molecule has 21 heavy (non-hydrogen) atoms. The highest BCUT2D eigenvalue weighted by molar-refractivity contribution is 7.99. The fourth-order valence-corrected chi connectivity index (χ4v) is 2.18. The number of carbonyl (C=O) groups is 3. The van der Waals surface area contributed by atoms with Crippen LogP contribution in [0.1, 0.15) is 20.7 Å². The predicted molar refractivity (Wildman–Crippen MR) is 66.4 cm³/mol. The second kappa shape index (κ2) is 5.76. The lowest BCUT2D eigenvalue weighted by molar-refractivity contribution is -0.165. The van der Waals surface area contributed by atoms with E-state index in [0.29, 0.717) is 0 Å². The molecule has 112 valence electrons. The molecule has 0 spiro atoms. The number of hydrogen-bond donors (Lipinski definition) is 0. The highest BCUT2D eigenvalue weighted by atomic mass is 32.2. The van der Waals surface area contributed by atoms with E-state index in [0.717, 1.165) is 0 Å². The minimum Gasteiger partial charge on any atom is -0.329 e. The van der Waals surface area contributed by atoms with Gasteiger partial charge in [-0.2, -0.15) is 13.2 Å². The summed E-state index contributed by atoms with van der Waals surface area (Å²) in [6.07, 6.45) is -4.40. The van der Waals surface area contributed by atoms with Crippen LogP contribution in [0.3, 0.4) is 0 Å². The number of hydrogen-bond acceptors (Lipinski definition) is 5. The molecule has 1 aliphatic heterocycles. The number of carbonyl (C=O) groups excluding carboxylic acids is 3. The number of rotatable bonds is 4. The Labute approximate surface area is 121 Å². The molecule has 9 heteroatoms. The summed E-state index contributed by atoms with van der Waals surface area (Å²) in [7, 11) is 0. The Morgan fingerprint density at radius 2 is 1.67 bits per heavy atom. The van der Waals surface area contributed by atoms with Gasteiger partial charge in [0.2, 0.25) is 0 Å². The van der Waals surface area contributed by atoms with E-state index in [2.05, 4.69) is 4.84 Å². The van der Waals surface area contributed by atoms with Crippen molar-refractivity contribution >= 4 is 29.5 Å². The molecule has 5 nitrogen and oxygen atoms in total. The van der Waals surface area contributed by atoms with E-state index >= 15 is 0 Å². The third-order valence-electron chi connectivity index (χ3n) is 2.44. The van der Waals surface area contributed by atoms with E-state index in [9.17, 15) is 27.6 Å². The second-order valence-electron chi connectivity index (χ2n) is 4.02. The molecule has 0 saturated heterocycles. The zero-order chi connectivity index (χ0) is 15.6. The van der Waals surface area contributed by atoms with Crippen LogP contribution in [0.25, 0.3) is 0 Å². The molecule has 2 rings (SSSR count). The van der Waals surface area contributed by atoms with Gasteiger partial charge in [0.25, 0.3) is 11.8 Å². The summed E-state index contributed by atoms with van der Waals surface area (Å²) < 4.78 is 35.8. The number of hydroxylamine groups is 2. The van der Waals surface area contributed by atoms with Crippen molar-refractivity contribution in [3.63, 3.8) is 0 Å². The Hall–Kier alpha value is -2.03. The number of nitrogens with zero attached hydrogens (tertiary/aromatic N) is 1. The summed E-state index contributed by atoms with van der Waals surface area (Å²) in [5, 5.41) is 0.265. The molecular formula is C12H8F3NO4S. The van der Waals surface area contributed by atoms with Crippen molar-refractivity contribution in [2.24, 2.45) is 0 Å². The smallest absolute Gasteiger partial charge is 0.329 e. The summed E-state index contributed by atoms with van der Waals surface area (Å²) >= 11 is 0.289. The third-order valence-corrected chi connectivity index (χ3v) is 3.41. The highest BCUT2D eigenvalue weighted by Gasteiger charge is 2.38. The van der Waals surface area contributed by atoms with Gasteiger partial charge in [-0.3, -0.25) is 9.59 Å². The first-order valence-electron chi connectivity index (χ1n) is 5.63. The Morgan fingerprint density at radius 3 is 2.14 bits per heavy atom. The van der Waals surface area contributed by atoms with Gasteiger partial charge in [0, 0.05) is 0 Å². The number of halogens is 3. The maximum atomic E-state index is 11.9. The summed E-state index contributed by atoms with van der Waals surface area (Å²) in [5.74, 6) is -4.56. The highest BCUT2D eigenvalue weighted by Crippen LogP contribution is 2.24. The largest absolute Gasteiger partial charge is 0.397 e. The molecule has 0 N–H and O–H groups in total. The average Bonchev–Trinajstić information content (AvgIpc) is 2.63. The summed E-state index contributed by atoms with van der Waals surface area (Å²) in [4.78, 5) is 39.5. The van der Waals surface area contributed by atoms with E-state index in [1.165, 1.54) is 24.3 Å². The number of fused-ring (bicyclic) bond motifs is 1. The fraction of sp³-hybridized carbons (Fsp3) is 0.250. The fourth-order valence-electron chi connectivity index (χ4n) is 1.63. The molecule has 0 aromatic heterocycles. The Kier molecular flexibility index (Phi) is 4.21. The minimum absolute atomic E-state index is 0.0817. The molecule has 2 amide bonds. The van der Waals surface area contributed by atoms with Crippen LogP contribution >= 0.6 is 11.8 Å². The number of amides is 2. The zero-order valence-corrected chi connectivity index (χ0v) is 11.2. The van der Waals surface area contributed by atoms with Crippen LogP contribution in [0, 0.1) is 0 Å². The molecule has 0 atom stereocenters. The number of imide groups is 1. The third kappa shape index (κ3) is 3.54. The van der Waals surface area contributed by atoms with Crippen LogP contribution in [0.2, 0.25) is 0 Å². The van der Waals surface area contributed by atoms with Crippen molar-refractivity contribution in [3.05, 3.63) is 35.4 Å². The Bertz CT molecular complexity index is 567. The van der Waals surface area contributed by atoms with Crippen LogP contribution in [0.15, 0.2) is 24.3 Å². The first-order valence-corrected chi connectivity index (χ1v) is 6.78. The minimum atomic E-state index is -4.40. The van der Waals surface area contributed by atoms with Crippen molar-refractivity contribution in [1.29, 1.82) is 0 Å². The Balaban J connectivity index is 1.94. The topological polar surface area (TPSA) is 63.7 Å². The molecule has 0 aliphatic carbocycles. The summed E-state index contributed by atoms with van der Waals surface area (Å²) in [5.41, 5.74) is 0.163. The lowest BCUT2D eigenvalue weighted by atomic mass is 10.1. The monoisotopic (exact) mass is 319 g/mol. The standard InChI is InChI=1S/C12H8F3NO4S/c13-12(14,15)6-21-5-9(17)20-16-10(18)7-3-1-2-4-8(7)11(16)19/h1-4H,5-6H2. The van der Waals surface area contributed by atoms with Gasteiger partial charge in [-0.1, -0.05) is 17.2 Å². The molecule has 1 aliphatic rings. The number of benzene rings is 1. The molecule has 0 unspecified atom stereocenters. The van der Waals surface area contributed by atoms with Crippen molar-refractivity contribution in [2.75, 3.05) is 11.5 Å². The molecule has 1 heterocycles. The predicted octanol–water partition coefficient (Wildman–Crippen LogP) is 2.04. The van der Waals surface area contributed by atoms with E-state index < -0.39 is 35.5 Å². The van der Waals surface area contributed by atoms with E-state index in [1.807, 2.05) is 0 Å².